The number of ether oxygens (including phenoxy) is 2. The standard InChI is InChI=1S/C23H27FN6O2/c1-31-23-20(14-17(24)15-26-23)21-16-32-13-12-29(21)22-6-7-27-30(22)19-4-2-18(3-5-19)28-10-8-25-9-11-28/h2-7,14-15,21,25H,8-13,16H2,1H3. The minimum absolute atomic E-state index is 0.238. The Bertz CT molecular complexity index is 1050. The summed E-state index contributed by atoms with van der Waals surface area (Å²) in [4.78, 5) is 8.67. The molecule has 0 amide bonds. The van der Waals surface area contributed by atoms with Crippen LogP contribution < -0.4 is 19.9 Å². The smallest absolute Gasteiger partial charge is 0.218 e. The quantitative estimate of drug-likeness (QED) is 0.656. The van der Waals surface area contributed by atoms with Crippen molar-refractivity contribution in [2.45, 2.75) is 6.04 Å². The predicted octanol–water partition coefficient (Wildman–Crippen LogP) is 2.40. The van der Waals surface area contributed by atoms with Crippen LogP contribution in [-0.4, -0.2) is 67.8 Å². The number of morpholine rings is 1. The first kappa shape index (κ1) is 20.7. The van der Waals surface area contributed by atoms with Gasteiger partial charge in [-0.2, -0.15) is 5.10 Å². The topological polar surface area (TPSA) is 67.7 Å². The van der Waals surface area contributed by atoms with Crippen LogP contribution in [0.2, 0.25) is 0 Å². The molecule has 2 saturated heterocycles. The number of methoxy groups -OCH3 is 1. The molecule has 1 aromatic carbocycles. The maximum atomic E-state index is 14.0. The molecule has 0 spiro atoms. The number of nitrogens with zero attached hydrogens (tertiary/aromatic N) is 5. The third-order valence-electron chi connectivity index (χ3n) is 6.02. The summed E-state index contributed by atoms with van der Waals surface area (Å²) in [5.41, 5.74) is 2.84. The molecule has 32 heavy (non-hydrogen) atoms. The number of halogens is 1. The molecule has 168 valence electrons. The van der Waals surface area contributed by atoms with Crippen molar-refractivity contribution in [1.29, 1.82) is 0 Å². The van der Waals surface area contributed by atoms with E-state index in [1.54, 1.807) is 13.3 Å². The first-order chi connectivity index (χ1) is 15.7. The highest BCUT2D eigenvalue weighted by atomic mass is 19.1. The van der Waals surface area contributed by atoms with E-state index in [4.69, 9.17) is 9.47 Å². The zero-order valence-electron chi connectivity index (χ0n) is 18.1. The lowest BCUT2D eigenvalue weighted by Gasteiger charge is -2.37. The van der Waals surface area contributed by atoms with Gasteiger partial charge in [0.15, 0.2) is 0 Å². The number of rotatable bonds is 5. The molecule has 8 nitrogen and oxygen atoms in total. The molecule has 5 rings (SSSR count). The first-order valence-corrected chi connectivity index (χ1v) is 10.9. The van der Waals surface area contributed by atoms with Crippen LogP contribution in [0.25, 0.3) is 5.69 Å². The molecule has 1 N–H and O–H groups in total. The number of anilines is 2. The van der Waals surface area contributed by atoms with Gasteiger partial charge < -0.3 is 24.6 Å². The van der Waals surface area contributed by atoms with Crippen molar-refractivity contribution < 1.29 is 13.9 Å². The van der Waals surface area contributed by atoms with E-state index in [1.165, 1.54) is 18.0 Å². The highest BCUT2D eigenvalue weighted by molar-refractivity contribution is 5.55. The SMILES string of the molecule is COc1ncc(F)cc1C1COCCN1c1ccnn1-c1ccc(N2CCNCC2)cc1. The van der Waals surface area contributed by atoms with Gasteiger partial charge in [-0.25, -0.2) is 14.1 Å². The second-order valence-electron chi connectivity index (χ2n) is 7.89. The van der Waals surface area contributed by atoms with Crippen LogP contribution in [0.4, 0.5) is 15.9 Å². The Morgan fingerprint density at radius 2 is 1.88 bits per heavy atom. The summed E-state index contributed by atoms with van der Waals surface area (Å²) in [5, 5.41) is 7.96. The molecule has 2 aromatic heterocycles. The molecule has 0 radical (unpaired) electrons. The molecule has 2 aliphatic heterocycles. The van der Waals surface area contributed by atoms with Gasteiger partial charge in [0.05, 0.1) is 44.4 Å². The molecule has 2 fully saturated rings. The summed E-state index contributed by atoms with van der Waals surface area (Å²) in [7, 11) is 1.54. The fourth-order valence-electron chi connectivity index (χ4n) is 4.43. The fraction of sp³-hybridized carbons (Fsp3) is 0.391. The lowest BCUT2D eigenvalue weighted by atomic mass is 10.1. The van der Waals surface area contributed by atoms with Crippen molar-refractivity contribution >= 4 is 11.5 Å². The minimum atomic E-state index is -0.400. The lowest BCUT2D eigenvalue weighted by molar-refractivity contribution is 0.0924. The lowest BCUT2D eigenvalue weighted by Crippen LogP contribution is -2.43. The van der Waals surface area contributed by atoms with Crippen LogP contribution >= 0.6 is 0 Å². The zero-order chi connectivity index (χ0) is 21.9. The maximum Gasteiger partial charge on any atom is 0.218 e. The second kappa shape index (κ2) is 9.13. The number of nitrogens with one attached hydrogen (secondary N) is 1. The van der Waals surface area contributed by atoms with Gasteiger partial charge in [0.1, 0.15) is 11.6 Å². The molecule has 4 heterocycles. The van der Waals surface area contributed by atoms with Crippen LogP contribution in [0.15, 0.2) is 48.8 Å². The molecule has 0 bridgehead atoms. The molecule has 9 heteroatoms. The van der Waals surface area contributed by atoms with Crippen LogP contribution in [0, 0.1) is 5.82 Å². The highest BCUT2D eigenvalue weighted by Gasteiger charge is 2.30. The number of aromatic nitrogens is 3. The van der Waals surface area contributed by atoms with E-state index >= 15 is 0 Å². The van der Waals surface area contributed by atoms with Crippen molar-refractivity contribution in [2.75, 3.05) is 62.8 Å². The Balaban J connectivity index is 1.46. The largest absolute Gasteiger partial charge is 0.481 e. The van der Waals surface area contributed by atoms with Crippen LogP contribution in [0.1, 0.15) is 11.6 Å². The monoisotopic (exact) mass is 438 g/mol. The number of benzene rings is 1. The van der Waals surface area contributed by atoms with Crippen molar-refractivity contribution in [3.05, 3.63) is 60.2 Å². The summed E-state index contributed by atoms with van der Waals surface area (Å²) >= 11 is 0. The Labute approximate surface area is 186 Å². The molecule has 0 aliphatic carbocycles. The molecule has 1 atom stereocenters. The average Bonchev–Trinajstić information content (AvgIpc) is 3.34. The van der Waals surface area contributed by atoms with E-state index in [-0.39, 0.29) is 6.04 Å². The van der Waals surface area contributed by atoms with Crippen LogP contribution in [0.3, 0.4) is 0 Å². The molecule has 2 aliphatic rings. The highest BCUT2D eigenvalue weighted by Crippen LogP contribution is 2.35. The van der Waals surface area contributed by atoms with E-state index in [9.17, 15) is 4.39 Å². The van der Waals surface area contributed by atoms with Gasteiger partial charge in [-0.15, -0.1) is 0 Å². The number of piperazine rings is 1. The zero-order valence-corrected chi connectivity index (χ0v) is 18.1. The van der Waals surface area contributed by atoms with E-state index in [0.29, 0.717) is 31.2 Å². The number of pyridine rings is 1. The number of hydrogen-bond acceptors (Lipinski definition) is 7. The Hall–Kier alpha value is -3.17. The van der Waals surface area contributed by atoms with Gasteiger partial charge >= 0.3 is 0 Å². The molecule has 0 saturated carbocycles. The molecule has 1 unspecified atom stereocenters. The summed E-state index contributed by atoms with van der Waals surface area (Å²) < 4.78 is 27.1. The van der Waals surface area contributed by atoms with Gasteiger partial charge in [-0.05, 0) is 30.3 Å². The predicted molar refractivity (Wildman–Crippen MR) is 120 cm³/mol. The normalized spacial score (nSPS) is 19.2. The fourth-order valence-corrected chi connectivity index (χ4v) is 4.43. The molecular formula is C23H27FN6O2. The van der Waals surface area contributed by atoms with Gasteiger partial charge in [0, 0.05) is 50.0 Å². The summed E-state index contributed by atoms with van der Waals surface area (Å²) in [6, 6.07) is 11.7. The van der Waals surface area contributed by atoms with Gasteiger partial charge in [-0.3, -0.25) is 0 Å². The van der Waals surface area contributed by atoms with Crippen molar-refractivity contribution in [2.24, 2.45) is 0 Å². The minimum Gasteiger partial charge on any atom is -0.481 e. The first-order valence-electron chi connectivity index (χ1n) is 10.9. The second-order valence-corrected chi connectivity index (χ2v) is 7.89. The third kappa shape index (κ3) is 4.01. The third-order valence-corrected chi connectivity index (χ3v) is 6.02. The van der Waals surface area contributed by atoms with Crippen molar-refractivity contribution in [3.8, 4) is 11.6 Å². The van der Waals surface area contributed by atoms with Crippen LogP contribution in [-0.2, 0) is 4.74 Å². The van der Waals surface area contributed by atoms with Gasteiger partial charge in [0.2, 0.25) is 5.88 Å². The van der Waals surface area contributed by atoms with E-state index < -0.39 is 5.82 Å². The van der Waals surface area contributed by atoms with Crippen molar-refractivity contribution in [1.82, 2.24) is 20.1 Å². The maximum absolute atomic E-state index is 14.0. The van der Waals surface area contributed by atoms with Gasteiger partial charge in [0.25, 0.3) is 0 Å². The Kier molecular flexibility index (Phi) is 5.91. The summed E-state index contributed by atoms with van der Waals surface area (Å²) in [6.07, 6.45) is 2.95. The van der Waals surface area contributed by atoms with Crippen LogP contribution in [0.5, 0.6) is 5.88 Å². The van der Waals surface area contributed by atoms with E-state index in [0.717, 1.165) is 37.7 Å². The molecule has 3 aromatic rings. The summed E-state index contributed by atoms with van der Waals surface area (Å²) in [6.45, 7) is 5.65. The number of hydrogen-bond donors (Lipinski definition) is 1. The Morgan fingerprint density at radius 1 is 1.09 bits per heavy atom. The summed E-state index contributed by atoms with van der Waals surface area (Å²) in [5.74, 6) is 0.918. The van der Waals surface area contributed by atoms with Gasteiger partial charge in [-0.1, -0.05) is 0 Å². The van der Waals surface area contributed by atoms with E-state index in [1.807, 2.05) is 10.7 Å². The van der Waals surface area contributed by atoms with Crippen molar-refractivity contribution in [3.63, 3.8) is 0 Å². The Morgan fingerprint density at radius 3 is 2.66 bits per heavy atom. The molecular weight excluding hydrogens is 411 g/mol. The van der Waals surface area contributed by atoms with E-state index in [2.05, 4.69) is 49.5 Å². The average molecular weight is 439 g/mol.